The molecule has 0 spiro atoms. The molecule has 2 heterocycles. The van der Waals surface area contributed by atoms with Crippen LogP contribution in [0.25, 0.3) is 10.9 Å². The molecule has 2 aromatic heterocycles. The van der Waals surface area contributed by atoms with E-state index in [0.717, 1.165) is 28.7 Å². The van der Waals surface area contributed by atoms with Crippen LogP contribution < -0.4 is 5.32 Å². The van der Waals surface area contributed by atoms with Crippen LogP contribution in [-0.2, 0) is 19.6 Å². The number of benzene rings is 1. The van der Waals surface area contributed by atoms with Crippen molar-refractivity contribution in [3.8, 4) is 0 Å². The SMILES string of the molecule is CCn1cc(CNCc2c(C(=O)O)[nH]c3ccccc23)nn1. The summed E-state index contributed by atoms with van der Waals surface area (Å²) in [6.45, 7) is 3.76. The summed E-state index contributed by atoms with van der Waals surface area (Å²) in [5.41, 5.74) is 2.64. The lowest BCUT2D eigenvalue weighted by Gasteiger charge is -2.03. The van der Waals surface area contributed by atoms with Crippen molar-refractivity contribution in [1.29, 1.82) is 0 Å². The molecule has 0 amide bonds. The second kappa shape index (κ2) is 5.98. The Morgan fingerprint density at radius 1 is 1.36 bits per heavy atom. The minimum Gasteiger partial charge on any atom is -0.477 e. The number of nitrogens with one attached hydrogen (secondary N) is 2. The number of carbonyl (C=O) groups is 1. The predicted octanol–water partition coefficient (Wildman–Crippen LogP) is 1.77. The number of hydrogen-bond donors (Lipinski definition) is 3. The number of aryl methyl sites for hydroxylation is 1. The Hall–Kier alpha value is -2.67. The van der Waals surface area contributed by atoms with Gasteiger partial charge >= 0.3 is 5.97 Å². The maximum atomic E-state index is 11.4. The maximum absolute atomic E-state index is 11.4. The molecule has 22 heavy (non-hydrogen) atoms. The van der Waals surface area contributed by atoms with Gasteiger partial charge in [0.1, 0.15) is 5.69 Å². The number of rotatable bonds is 6. The highest BCUT2D eigenvalue weighted by molar-refractivity contribution is 5.97. The smallest absolute Gasteiger partial charge is 0.352 e. The van der Waals surface area contributed by atoms with E-state index in [1.165, 1.54) is 0 Å². The molecule has 0 aliphatic carbocycles. The summed E-state index contributed by atoms with van der Waals surface area (Å²) in [7, 11) is 0. The zero-order chi connectivity index (χ0) is 15.5. The van der Waals surface area contributed by atoms with E-state index in [4.69, 9.17) is 0 Å². The lowest BCUT2D eigenvalue weighted by molar-refractivity contribution is 0.0690. The first-order valence-corrected chi connectivity index (χ1v) is 7.11. The lowest BCUT2D eigenvalue weighted by atomic mass is 10.1. The van der Waals surface area contributed by atoms with Crippen molar-refractivity contribution in [2.24, 2.45) is 0 Å². The van der Waals surface area contributed by atoms with Crippen LogP contribution in [0.5, 0.6) is 0 Å². The zero-order valence-electron chi connectivity index (χ0n) is 12.2. The van der Waals surface area contributed by atoms with E-state index in [-0.39, 0.29) is 5.69 Å². The van der Waals surface area contributed by atoms with E-state index in [9.17, 15) is 9.90 Å². The molecule has 0 unspecified atom stereocenters. The van der Waals surface area contributed by atoms with E-state index >= 15 is 0 Å². The standard InChI is InChI=1S/C15H17N5O2/c1-2-20-9-10(18-19-20)7-16-8-12-11-5-3-4-6-13(11)17-14(12)15(21)22/h3-6,9,16-17H,2,7-8H2,1H3,(H,21,22). The van der Waals surface area contributed by atoms with Crippen LogP contribution in [-0.4, -0.2) is 31.1 Å². The lowest BCUT2D eigenvalue weighted by Crippen LogP contribution is -2.15. The summed E-state index contributed by atoms with van der Waals surface area (Å²) in [4.78, 5) is 14.3. The minimum atomic E-state index is -0.954. The molecule has 0 radical (unpaired) electrons. The molecule has 0 bridgehead atoms. The highest BCUT2D eigenvalue weighted by atomic mass is 16.4. The van der Waals surface area contributed by atoms with Crippen molar-refractivity contribution in [2.45, 2.75) is 26.6 Å². The summed E-state index contributed by atoms with van der Waals surface area (Å²) in [6.07, 6.45) is 1.88. The molecule has 1 aromatic carbocycles. The first kappa shape index (κ1) is 14.3. The van der Waals surface area contributed by atoms with Crippen LogP contribution in [0.15, 0.2) is 30.5 Å². The van der Waals surface area contributed by atoms with Crippen molar-refractivity contribution in [1.82, 2.24) is 25.3 Å². The second-order valence-electron chi connectivity index (χ2n) is 5.00. The van der Waals surface area contributed by atoms with Crippen molar-refractivity contribution < 1.29 is 9.90 Å². The van der Waals surface area contributed by atoms with Gasteiger partial charge in [0.15, 0.2) is 0 Å². The third-order valence-corrected chi connectivity index (χ3v) is 3.55. The molecule has 7 nitrogen and oxygen atoms in total. The van der Waals surface area contributed by atoms with Crippen molar-refractivity contribution >= 4 is 16.9 Å². The Morgan fingerprint density at radius 2 is 2.18 bits per heavy atom. The number of carboxylic acids is 1. The van der Waals surface area contributed by atoms with Gasteiger partial charge in [-0.2, -0.15) is 0 Å². The fourth-order valence-electron chi connectivity index (χ4n) is 2.46. The van der Waals surface area contributed by atoms with Gasteiger partial charge < -0.3 is 15.4 Å². The van der Waals surface area contributed by atoms with E-state index in [1.807, 2.05) is 37.4 Å². The largest absolute Gasteiger partial charge is 0.477 e. The van der Waals surface area contributed by atoms with Crippen molar-refractivity contribution in [3.05, 3.63) is 47.4 Å². The van der Waals surface area contributed by atoms with Gasteiger partial charge in [0.2, 0.25) is 0 Å². The van der Waals surface area contributed by atoms with Gasteiger partial charge in [-0.1, -0.05) is 23.4 Å². The Morgan fingerprint density at radius 3 is 2.91 bits per heavy atom. The number of aromatic amines is 1. The van der Waals surface area contributed by atoms with Gasteiger partial charge in [0.05, 0.1) is 5.69 Å². The molecule has 0 saturated carbocycles. The quantitative estimate of drug-likeness (QED) is 0.644. The van der Waals surface area contributed by atoms with Gasteiger partial charge in [0.25, 0.3) is 0 Å². The monoisotopic (exact) mass is 299 g/mol. The van der Waals surface area contributed by atoms with Gasteiger partial charge in [0, 0.05) is 42.3 Å². The number of para-hydroxylation sites is 1. The summed E-state index contributed by atoms with van der Waals surface area (Å²) in [5, 5.41) is 21.5. The fourth-order valence-corrected chi connectivity index (χ4v) is 2.46. The summed E-state index contributed by atoms with van der Waals surface area (Å²) >= 11 is 0. The summed E-state index contributed by atoms with van der Waals surface area (Å²) in [6, 6.07) is 7.57. The van der Waals surface area contributed by atoms with Crippen LogP contribution >= 0.6 is 0 Å². The van der Waals surface area contributed by atoms with E-state index in [2.05, 4.69) is 20.6 Å². The van der Waals surface area contributed by atoms with Crippen molar-refractivity contribution in [2.75, 3.05) is 0 Å². The van der Waals surface area contributed by atoms with E-state index < -0.39 is 5.97 Å². The summed E-state index contributed by atoms with van der Waals surface area (Å²) < 4.78 is 1.76. The van der Waals surface area contributed by atoms with Gasteiger partial charge in [-0.15, -0.1) is 5.10 Å². The Kier molecular flexibility index (Phi) is 3.88. The van der Waals surface area contributed by atoms with Crippen LogP contribution in [0.3, 0.4) is 0 Å². The molecule has 0 aliphatic rings. The van der Waals surface area contributed by atoms with Gasteiger partial charge in [-0.05, 0) is 13.0 Å². The molecular weight excluding hydrogens is 282 g/mol. The van der Waals surface area contributed by atoms with Gasteiger partial charge in [-0.25, -0.2) is 4.79 Å². The maximum Gasteiger partial charge on any atom is 0.352 e. The molecule has 0 atom stereocenters. The number of nitrogens with zero attached hydrogens (tertiary/aromatic N) is 3. The third kappa shape index (κ3) is 2.71. The van der Waals surface area contributed by atoms with E-state index in [1.54, 1.807) is 4.68 Å². The molecule has 0 aliphatic heterocycles. The fraction of sp³-hybridized carbons (Fsp3) is 0.267. The molecule has 0 fully saturated rings. The topological polar surface area (TPSA) is 95.8 Å². The third-order valence-electron chi connectivity index (χ3n) is 3.55. The first-order valence-electron chi connectivity index (χ1n) is 7.11. The average molecular weight is 299 g/mol. The molecule has 3 aromatic rings. The van der Waals surface area contributed by atoms with Gasteiger partial charge in [-0.3, -0.25) is 4.68 Å². The molecule has 114 valence electrons. The van der Waals surface area contributed by atoms with E-state index in [0.29, 0.717) is 13.1 Å². The first-order chi connectivity index (χ1) is 10.7. The van der Waals surface area contributed by atoms with Crippen LogP contribution in [0.4, 0.5) is 0 Å². The minimum absolute atomic E-state index is 0.228. The number of aromatic carboxylic acids is 1. The zero-order valence-corrected chi connectivity index (χ0v) is 12.2. The Labute approximate surface area is 127 Å². The molecule has 0 saturated heterocycles. The normalized spacial score (nSPS) is 11.1. The van der Waals surface area contributed by atoms with Crippen LogP contribution in [0, 0.1) is 0 Å². The number of hydrogen-bond acceptors (Lipinski definition) is 4. The molecule has 3 N–H and O–H groups in total. The van der Waals surface area contributed by atoms with Crippen LogP contribution in [0.1, 0.15) is 28.7 Å². The number of fused-ring (bicyclic) bond motifs is 1. The predicted molar refractivity (Wildman–Crippen MR) is 81.5 cm³/mol. The molecular formula is C15H17N5O2. The number of aromatic nitrogens is 4. The Bertz CT molecular complexity index is 805. The Balaban J connectivity index is 1.77. The second-order valence-corrected chi connectivity index (χ2v) is 5.00. The number of H-pyrrole nitrogens is 1. The number of carboxylic acid groups (broad SMARTS) is 1. The highest BCUT2D eigenvalue weighted by Gasteiger charge is 2.16. The van der Waals surface area contributed by atoms with Crippen LogP contribution in [0.2, 0.25) is 0 Å². The molecule has 7 heteroatoms. The molecule has 3 rings (SSSR count). The average Bonchev–Trinajstić information content (AvgIpc) is 3.12. The summed E-state index contributed by atoms with van der Waals surface area (Å²) in [5.74, 6) is -0.954. The van der Waals surface area contributed by atoms with Crippen molar-refractivity contribution in [3.63, 3.8) is 0 Å². The highest BCUT2D eigenvalue weighted by Crippen LogP contribution is 2.22.